The summed E-state index contributed by atoms with van der Waals surface area (Å²) in [6, 6.07) is 24.4. The van der Waals surface area contributed by atoms with Gasteiger partial charge in [-0.1, -0.05) is 29.8 Å². The molecule has 0 saturated carbocycles. The number of nitrogens with one attached hydrogen (secondary N) is 2. The van der Waals surface area contributed by atoms with E-state index >= 15 is 0 Å². The molecule has 0 radical (unpaired) electrons. The number of non-ortho nitro benzene ring substituents is 1. The number of amides is 2. The van der Waals surface area contributed by atoms with E-state index in [9.17, 15) is 24.5 Å². The number of nitro groups is 1. The summed E-state index contributed by atoms with van der Waals surface area (Å²) in [5, 5.41) is 18.3. The molecule has 0 fully saturated rings. The fourth-order valence-corrected chi connectivity index (χ4v) is 3.44. The van der Waals surface area contributed by atoms with Crippen LogP contribution in [-0.2, 0) is 0 Å². The minimum atomic E-state index is -0.710. The maximum Gasteiger partial charge on any atom is 0.343 e. The molecule has 10 nitrogen and oxygen atoms in total. The van der Waals surface area contributed by atoms with Crippen LogP contribution >= 0.6 is 11.6 Å². The SMILES string of the molecule is O=C(N/N=C/c1cc([N+](=O)[O-])ccc1OC(=O)c1ccc(Cl)cc1)c1ccc(NC(=O)c2ccccc2)cc1. The van der Waals surface area contributed by atoms with Crippen molar-refractivity contribution in [1.82, 2.24) is 5.43 Å². The number of benzene rings is 4. The van der Waals surface area contributed by atoms with Crippen molar-refractivity contribution in [1.29, 1.82) is 0 Å². The van der Waals surface area contributed by atoms with Gasteiger partial charge in [0.05, 0.1) is 16.7 Å². The first-order valence-electron chi connectivity index (χ1n) is 11.4. The number of ether oxygens (including phenoxy) is 1. The number of nitrogens with zero attached hydrogens (tertiary/aromatic N) is 2. The number of halogens is 1. The number of rotatable bonds is 8. The van der Waals surface area contributed by atoms with Gasteiger partial charge in [0.1, 0.15) is 5.75 Å². The Balaban J connectivity index is 1.43. The first kappa shape index (κ1) is 26.7. The van der Waals surface area contributed by atoms with Crippen LogP contribution < -0.4 is 15.5 Å². The molecule has 4 aromatic carbocycles. The van der Waals surface area contributed by atoms with Gasteiger partial charge in [-0.3, -0.25) is 19.7 Å². The average molecular weight is 543 g/mol. The first-order valence-corrected chi connectivity index (χ1v) is 11.7. The molecular formula is C28H19ClN4O6. The highest BCUT2D eigenvalue weighted by Crippen LogP contribution is 2.24. The molecule has 0 aliphatic rings. The molecule has 11 heteroatoms. The lowest BCUT2D eigenvalue weighted by Gasteiger charge is -2.08. The van der Waals surface area contributed by atoms with Crippen molar-refractivity contribution >= 4 is 47.0 Å². The molecule has 4 rings (SSSR count). The van der Waals surface area contributed by atoms with Crippen LogP contribution in [0.15, 0.2) is 102 Å². The monoisotopic (exact) mass is 542 g/mol. The van der Waals surface area contributed by atoms with Crippen LogP contribution in [0.25, 0.3) is 0 Å². The maximum absolute atomic E-state index is 12.5. The third-order valence-electron chi connectivity index (χ3n) is 5.30. The molecule has 0 atom stereocenters. The number of carbonyl (C=O) groups is 3. The molecule has 0 spiro atoms. The van der Waals surface area contributed by atoms with E-state index in [4.69, 9.17) is 16.3 Å². The van der Waals surface area contributed by atoms with Crippen molar-refractivity contribution in [2.24, 2.45) is 5.10 Å². The quantitative estimate of drug-likeness (QED) is 0.0992. The molecule has 2 amide bonds. The minimum Gasteiger partial charge on any atom is -0.422 e. The number of hydrogen-bond acceptors (Lipinski definition) is 7. The van der Waals surface area contributed by atoms with Crippen LogP contribution in [0.2, 0.25) is 5.02 Å². The number of anilines is 1. The van der Waals surface area contributed by atoms with Crippen molar-refractivity contribution in [3.05, 3.63) is 134 Å². The molecule has 0 unspecified atom stereocenters. The summed E-state index contributed by atoms with van der Waals surface area (Å²) in [5.74, 6) is -1.57. The van der Waals surface area contributed by atoms with Gasteiger partial charge in [0.2, 0.25) is 0 Å². The predicted octanol–water partition coefficient (Wildman–Crippen LogP) is 5.48. The molecule has 194 valence electrons. The van der Waals surface area contributed by atoms with E-state index < -0.39 is 16.8 Å². The Labute approximate surface area is 227 Å². The zero-order valence-electron chi connectivity index (χ0n) is 20.0. The van der Waals surface area contributed by atoms with Crippen LogP contribution in [0.5, 0.6) is 5.75 Å². The number of nitro benzene ring substituents is 1. The van der Waals surface area contributed by atoms with Gasteiger partial charge in [0.25, 0.3) is 17.5 Å². The molecule has 0 aliphatic carbocycles. The third kappa shape index (κ3) is 7.12. The van der Waals surface area contributed by atoms with Gasteiger partial charge in [-0.05, 0) is 66.7 Å². The zero-order chi connectivity index (χ0) is 27.8. The standard InChI is InChI=1S/C28H19ClN4O6/c29-22-10-6-20(7-11-22)28(36)39-25-15-14-24(33(37)38)16-21(25)17-30-32-27(35)19-8-12-23(13-9-19)31-26(34)18-4-2-1-3-5-18/h1-17H,(H,31,34)(H,32,35)/b30-17+. The van der Waals surface area contributed by atoms with E-state index in [1.54, 1.807) is 42.5 Å². The summed E-state index contributed by atoms with van der Waals surface area (Å²) in [6.45, 7) is 0. The van der Waals surface area contributed by atoms with Crippen LogP contribution in [0.3, 0.4) is 0 Å². The topological polar surface area (TPSA) is 140 Å². The number of esters is 1. The molecule has 0 saturated heterocycles. The lowest BCUT2D eigenvalue weighted by Crippen LogP contribution is -2.18. The van der Waals surface area contributed by atoms with Gasteiger partial charge >= 0.3 is 5.97 Å². The highest BCUT2D eigenvalue weighted by atomic mass is 35.5. The van der Waals surface area contributed by atoms with Gasteiger partial charge in [0.15, 0.2) is 0 Å². The van der Waals surface area contributed by atoms with E-state index in [2.05, 4.69) is 15.8 Å². The number of hydrazone groups is 1. The Kier molecular flexibility index (Phi) is 8.40. The number of hydrogen-bond donors (Lipinski definition) is 2. The normalized spacial score (nSPS) is 10.6. The first-order chi connectivity index (χ1) is 18.8. The molecule has 2 N–H and O–H groups in total. The zero-order valence-corrected chi connectivity index (χ0v) is 20.8. The molecule has 0 bridgehead atoms. The Morgan fingerprint density at radius 1 is 0.821 bits per heavy atom. The Hall–Kier alpha value is -5.35. The fraction of sp³-hybridized carbons (Fsp3) is 0. The largest absolute Gasteiger partial charge is 0.422 e. The van der Waals surface area contributed by atoms with Crippen LogP contribution in [0.4, 0.5) is 11.4 Å². The Bertz CT molecular complexity index is 1560. The van der Waals surface area contributed by atoms with Crippen molar-refractivity contribution in [2.75, 3.05) is 5.32 Å². The molecule has 0 aromatic heterocycles. The lowest BCUT2D eigenvalue weighted by molar-refractivity contribution is -0.384. The number of carbonyl (C=O) groups excluding carboxylic acids is 3. The van der Waals surface area contributed by atoms with E-state index in [1.165, 1.54) is 48.5 Å². The van der Waals surface area contributed by atoms with E-state index in [-0.39, 0.29) is 34.0 Å². The van der Waals surface area contributed by atoms with E-state index in [0.717, 1.165) is 12.3 Å². The highest BCUT2D eigenvalue weighted by Gasteiger charge is 2.15. The van der Waals surface area contributed by atoms with Crippen LogP contribution in [-0.4, -0.2) is 28.9 Å². The molecule has 0 heterocycles. The molecule has 4 aromatic rings. The molecule has 39 heavy (non-hydrogen) atoms. The average Bonchev–Trinajstić information content (AvgIpc) is 2.94. The van der Waals surface area contributed by atoms with Crippen molar-refractivity contribution in [3.8, 4) is 5.75 Å². The second-order valence-electron chi connectivity index (χ2n) is 7.97. The highest BCUT2D eigenvalue weighted by molar-refractivity contribution is 6.30. The van der Waals surface area contributed by atoms with Crippen LogP contribution in [0, 0.1) is 10.1 Å². The summed E-state index contributed by atoms with van der Waals surface area (Å²) in [6.07, 6.45) is 1.13. The maximum atomic E-state index is 12.5. The Morgan fingerprint density at radius 2 is 1.46 bits per heavy atom. The van der Waals surface area contributed by atoms with Gasteiger partial charge in [-0.2, -0.15) is 5.10 Å². The third-order valence-corrected chi connectivity index (χ3v) is 5.55. The summed E-state index contributed by atoms with van der Waals surface area (Å²) >= 11 is 5.84. The van der Waals surface area contributed by atoms with Gasteiger partial charge in [0, 0.05) is 39.5 Å². The van der Waals surface area contributed by atoms with Gasteiger partial charge in [-0.25, -0.2) is 10.2 Å². The molecule has 0 aliphatic heterocycles. The fourth-order valence-electron chi connectivity index (χ4n) is 3.31. The summed E-state index contributed by atoms with van der Waals surface area (Å²) in [5.41, 5.74) is 3.60. The molecular weight excluding hydrogens is 524 g/mol. The predicted molar refractivity (Wildman–Crippen MR) is 145 cm³/mol. The van der Waals surface area contributed by atoms with Crippen LogP contribution in [0.1, 0.15) is 36.6 Å². The summed E-state index contributed by atoms with van der Waals surface area (Å²) in [4.78, 5) is 47.9. The van der Waals surface area contributed by atoms with Crippen molar-refractivity contribution in [3.63, 3.8) is 0 Å². The smallest absolute Gasteiger partial charge is 0.343 e. The summed E-state index contributed by atoms with van der Waals surface area (Å²) < 4.78 is 5.38. The Morgan fingerprint density at radius 3 is 2.13 bits per heavy atom. The lowest BCUT2D eigenvalue weighted by atomic mass is 10.1. The summed E-state index contributed by atoms with van der Waals surface area (Å²) in [7, 11) is 0. The van der Waals surface area contributed by atoms with Crippen molar-refractivity contribution in [2.45, 2.75) is 0 Å². The van der Waals surface area contributed by atoms with Crippen molar-refractivity contribution < 1.29 is 24.0 Å². The second kappa shape index (κ2) is 12.3. The van der Waals surface area contributed by atoms with Gasteiger partial charge in [-0.15, -0.1) is 0 Å². The van der Waals surface area contributed by atoms with E-state index in [1.807, 2.05) is 0 Å². The minimum absolute atomic E-state index is 0.00272. The van der Waals surface area contributed by atoms with Gasteiger partial charge < -0.3 is 10.1 Å². The van der Waals surface area contributed by atoms with E-state index in [0.29, 0.717) is 16.3 Å². The second-order valence-corrected chi connectivity index (χ2v) is 8.41.